The fourth-order valence-electron chi connectivity index (χ4n) is 3.59. The maximum atomic E-state index is 14.3. The number of imidazole rings is 1. The summed E-state index contributed by atoms with van der Waals surface area (Å²) in [5.74, 6) is -1.90. The number of ether oxygens (including phenoxy) is 1. The van der Waals surface area contributed by atoms with Gasteiger partial charge >= 0.3 is 5.97 Å². The lowest BCUT2D eigenvalue weighted by Crippen LogP contribution is -2.44. The monoisotopic (exact) mass is 358 g/mol. The molecule has 0 N–H and O–H groups in total. The van der Waals surface area contributed by atoms with Crippen molar-refractivity contribution in [2.24, 2.45) is 0 Å². The number of rotatable bonds is 5. The molecule has 1 fully saturated rings. The van der Waals surface area contributed by atoms with Crippen molar-refractivity contribution in [1.82, 2.24) is 9.55 Å². The molecule has 0 spiro atoms. The number of carbonyl (C=O) groups excluding carboxylic acids is 2. The number of Topliss-reactive ketones (excluding diaryl/α,β-unsaturated/α-hetero) is 1. The third-order valence-electron chi connectivity index (χ3n) is 5.23. The third kappa shape index (κ3) is 3.41. The van der Waals surface area contributed by atoms with E-state index in [1.54, 1.807) is 0 Å². The topological polar surface area (TPSA) is 61.2 Å². The van der Waals surface area contributed by atoms with Crippen LogP contribution in [0.4, 0.5) is 4.39 Å². The fraction of sp³-hybridized carbons (Fsp3) is 0.450. The molecule has 0 amide bonds. The molecule has 1 heterocycles. The SMILES string of the molecule is CC(=O)C1(OC(=O)c2c(F)ncn2[C@H](C)c2ccccc2)CCCCC1. The van der Waals surface area contributed by atoms with Crippen molar-refractivity contribution in [2.45, 2.75) is 57.6 Å². The first-order valence-corrected chi connectivity index (χ1v) is 8.96. The van der Waals surface area contributed by atoms with Gasteiger partial charge in [0, 0.05) is 0 Å². The van der Waals surface area contributed by atoms with Gasteiger partial charge < -0.3 is 9.30 Å². The van der Waals surface area contributed by atoms with Crippen LogP contribution in [0.2, 0.25) is 0 Å². The molecule has 138 valence electrons. The van der Waals surface area contributed by atoms with Crippen LogP contribution in [0.25, 0.3) is 0 Å². The first kappa shape index (κ1) is 18.3. The van der Waals surface area contributed by atoms with Crippen LogP contribution in [0.1, 0.15) is 68.0 Å². The highest BCUT2D eigenvalue weighted by Gasteiger charge is 2.42. The molecule has 0 saturated heterocycles. The normalized spacial score (nSPS) is 17.5. The first-order valence-electron chi connectivity index (χ1n) is 8.96. The fourth-order valence-corrected chi connectivity index (χ4v) is 3.59. The Kier molecular flexibility index (Phi) is 5.20. The van der Waals surface area contributed by atoms with Gasteiger partial charge in [0.25, 0.3) is 0 Å². The van der Waals surface area contributed by atoms with Crippen molar-refractivity contribution >= 4 is 11.8 Å². The average molecular weight is 358 g/mol. The molecule has 0 bridgehead atoms. The molecular weight excluding hydrogens is 335 g/mol. The molecular formula is C20H23FN2O3. The summed E-state index contributed by atoms with van der Waals surface area (Å²) in [5.41, 5.74) is -0.474. The summed E-state index contributed by atoms with van der Waals surface area (Å²) in [4.78, 5) is 28.6. The summed E-state index contributed by atoms with van der Waals surface area (Å²) in [7, 11) is 0. The van der Waals surface area contributed by atoms with E-state index in [2.05, 4.69) is 4.98 Å². The molecule has 1 aromatic carbocycles. The summed E-state index contributed by atoms with van der Waals surface area (Å²) >= 11 is 0. The maximum Gasteiger partial charge on any atom is 0.360 e. The Balaban J connectivity index is 1.90. The molecule has 1 aliphatic rings. The molecule has 3 rings (SSSR count). The molecule has 0 radical (unpaired) electrons. The second kappa shape index (κ2) is 7.40. The number of halogens is 1. The van der Waals surface area contributed by atoms with Crippen LogP contribution in [-0.2, 0) is 9.53 Å². The van der Waals surface area contributed by atoms with Crippen LogP contribution in [0.3, 0.4) is 0 Å². The van der Waals surface area contributed by atoms with Gasteiger partial charge in [-0.25, -0.2) is 9.78 Å². The Morgan fingerprint density at radius 3 is 2.46 bits per heavy atom. The highest BCUT2D eigenvalue weighted by molar-refractivity contribution is 5.93. The zero-order valence-corrected chi connectivity index (χ0v) is 15.1. The van der Waals surface area contributed by atoms with Crippen LogP contribution in [0.15, 0.2) is 36.7 Å². The molecule has 0 aliphatic heterocycles. The van der Waals surface area contributed by atoms with Gasteiger partial charge in [0.05, 0.1) is 12.4 Å². The molecule has 1 saturated carbocycles. The first-order chi connectivity index (χ1) is 12.4. The van der Waals surface area contributed by atoms with E-state index in [1.807, 2.05) is 37.3 Å². The van der Waals surface area contributed by atoms with E-state index in [1.165, 1.54) is 17.8 Å². The number of benzene rings is 1. The molecule has 1 aliphatic carbocycles. The van der Waals surface area contributed by atoms with Crippen molar-refractivity contribution < 1.29 is 18.7 Å². The van der Waals surface area contributed by atoms with Gasteiger partial charge in [-0.3, -0.25) is 4.79 Å². The molecule has 1 atom stereocenters. The lowest BCUT2D eigenvalue weighted by Gasteiger charge is -2.34. The standard InChI is InChI=1S/C20H23FN2O3/c1-14(16-9-5-3-6-10-16)23-13-22-18(21)17(23)19(25)26-20(15(2)24)11-7-4-8-12-20/h3,5-6,9-10,13-14H,4,7-8,11-12H2,1-2H3/t14-/m1/s1. The zero-order chi connectivity index (χ0) is 18.7. The van der Waals surface area contributed by atoms with Crippen LogP contribution >= 0.6 is 0 Å². The molecule has 26 heavy (non-hydrogen) atoms. The second-order valence-corrected chi connectivity index (χ2v) is 6.88. The number of ketones is 1. The smallest absolute Gasteiger partial charge is 0.360 e. The minimum atomic E-state index is -1.15. The van der Waals surface area contributed by atoms with Crippen molar-refractivity contribution in [3.8, 4) is 0 Å². The van der Waals surface area contributed by atoms with Crippen LogP contribution in [-0.4, -0.2) is 26.9 Å². The summed E-state index contributed by atoms with van der Waals surface area (Å²) in [6.45, 7) is 3.29. The second-order valence-electron chi connectivity index (χ2n) is 6.88. The highest BCUT2D eigenvalue weighted by Crippen LogP contribution is 2.34. The van der Waals surface area contributed by atoms with Gasteiger partial charge in [0.15, 0.2) is 17.1 Å². The van der Waals surface area contributed by atoms with Gasteiger partial charge in [0.1, 0.15) is 0 Å². The van der Waals surface area contributed by atoms with Crippen molar-refractivity contribution in [3.05, 3.63) is 53.9 Å². The lowest BCUT2D eigenvalue weighted by atomic mass is 9.82. The van der Waals surface area contributed by atoms with E-state index in [0.717, 1.165) is 24.8 Å². The molecule has 5 nitrogen and oxygen atoms in total. The highest BCUT2D eigenvalue weighted by atomic mass is 19.1. The lowest BCUT2D eigenvalue weighted by molar-refractivity contribution is -0.139. The largest absolute Gasteiger partial charge is 0.446 e. The minimum Gasteiger partial charge on any atom is -0.446 e. The Morgan fingerprint density at radius 2 is 1.85 bits per heavy atom. The Morgan fingerprint density at radius 1 is 1.19 bits per heavy atom. The van der Waals surface area contributed by atoms with Gasteiger partial charge in [-0.05, 0) is 45.1 Å². The Labute approximate surface area is 152 Å². The zero-order valence-electron chi connectivity index (χ0n) is 15.1. The summed E-state index contributed by atoms with van der Waals surface area (Å²) in [6, 6.07) is 9.15. The summed E-state index contributed by atoms with van der Waals surface area (Å²) in [5, 5.41) is 0. The minimum absolute atomic E-state index is 0.187. The number of hydrogen-bond donors (Lipinski definition) is 0. The quantitative estimate of drug-likeness (QED) is 0.756. The van der Waals surface area contributed by atoms with E-state index in [9.17, 15) is 14.0 Å². The van der Waals surface area contributed by atoms with E-state index in [-0.39, 0.29) is 17.5 Å². The predicted octanol–water partition coefficient (Wildman–Crippen LogP) is 4.08. The average Bonchev–Trinajstić information content (AvgIpc) is 3.04. The molecule has 2 aromatic rings. The van der Waals surface area contributed by atoms with E-state index >= 15 is 0 Å². The molecule has 6 heteroatoms. The van der Waals surface area contributed by atoms with E-state index < -0.39 is 17.5 Å². The van der Waals surface area contributed by atoms with Crippen LogP contribution < -0.4 is 0 Å². The van der Waals surface area contributed by atoms with Crippen molar-refractivity contribution in [3.63, 3.8) is 0 Å². The Bertz CT molecular complexity index is 795. The Hall–Kier alpha value is -2.50. The number of nitrogens with zero attached hydrogens (tertiary/aromatic N) is 2. The summed E-state index contributed by atoms with van der Waals surface area (Å²) < 4.78 is 21.4. The van der Waals surface area contributed by atoms with Crippen LogP contribution in [0, 0.1) is 5.95 Å². The van der Waals surface area contributed by atoms with E-state index in [4.69, 9.17) is 4.74 Å². The van der Waals surface area contributed by atoms with Gasteiger partial charge in [-0.1, -0.05) is 36.8 Å². The number of aromatic nitrogens is 2. The van der Waals surface area contributed by atoms with Crippen LogP contribution in [0.5, 0.6) is 0 Å². The van der Waals surface area contributed by atoms with Crippen molar-refractivity contribution in [1.29, 1.82) is 0 Å². The molecule has 0 unspecified atom stereocenters. The molecule has 1 aromatic heterocycles. The number of carbonyl (C=O) groups is 2. The predicted molar refractivity (Wildman–Crippen MR) is 94.4 cm³/mol. The third-order valence-corrected chi connectivity index (χ3v) is 5.23. The van der Waals surface area contributed by atoms with Gasteiger partial charge in [-0.2, -0.15) is 4.39 Å². The number of hydrogen-bond acceptors (Lipinski definition) is 4. The van der Waals surface area contributed by atoms with Gasteiger partial charge in [0.2, 0.25) is 5.95 Å². The summed E-state index contributed by atoms with van der Waals surface area (Å²) in [6.07, 6.45) is 4.90. The van der Waals surface area contributed by atoms with Gasteiger partial charge in [-0.15, -0.1) is 0 Å². The number of esters is 1. The van der Waals surface area contributed by atoms with Crippen molar-refractivity contribution in [2.75, 3.05) is 0 Å². The van der Waals surface area contributed by atoms with E-state index in [0.29, 0.717) is 12.8 Å². The maximum absolute atomic E-state index is 14.3.